The van der Waals surface area contributed by atoms with E-state index in [0.29, 0.717) is 5.69 Å². The molecule has 0 radical (unpaired) electrons. The summed E-state index contributed by atoms with van der Waals surface area (Å²) in [5.74, 6) is -0.808. The first-order chi connectivity index (χ1) is 12.5. The molecule has 4 N–H and O–H groups in total. The van der Waals surface area contributed by atoms with E-state index in [4.69, 9.17) is 5.73 Å². The van der Waals surface area contributed by atoms with Gasteiger partial charge in [0.25, 0.3) is 5.91 Å². The number of halogens is 3. The van der Waals surface area contributed by atoms with Gasteiger partial charge in [0.05, 0.1) is 11.1 Å². The summed E-state index contributed by atoms with van der Waals surface area (Å²) >= 11 is 0. The van der Waals surface area contributed by atoms with E-state index >= 15 is 0 Å². The number of amides is 2. The maximum atomic E-state index is 12.5. The van der Waals surface area contributed by atoms with Crippen molar-refractivity contribution in [2.75, 3.05) is 5.32 Å². The highest BCUT2D eigenvalue weighted by molar-refractivity contribution is 5.97. The van der Waals surface area contributed by atoms with Gasteiger partial charge in [-0.3, -0.25) is 9.59 Å². The predicted octanol–water partition coefficient (Wildman–Crippen LogP) is 3.31. The average Bonchev–Trinajstić information content (AvgIpc) is 2.59. The van der Waals surface area contributed by atoms with E-state index in [1.165, 1.54) is 0 Å². The summed E-state index contributed by atoms with van der Waals surface area (Å²) in [6.45, 7) is 3.37. The minimum Gasteiger partial charge on any atom is -0.348 e. The van der Waals surface area contributed by atoms with Gasteiger partial charge < -0.3 is 16.4 Å². The standard InChI is InChI=1S/C19H20F3N3O2/c1-18(2,23)17(27)25-15-9-3-12(4-10-15)11-24-16(26)13-5-7-14(8-6-13)19(20,21)22/h3-10H,11,23H2,1-2H3,(H,24,26)(H,25,27). The molecule has 8 heteroatoms. The summed E-state index contributed by atoms with van der Waals surface area (Å²) in [6, 6.07) is 10.8. The number of hydrogen-bond acceptors (Lipinski definition) is 3. The van der Waals surface area contributed by atoms with E-state index < -0.39 is 23.2 Å². The van der Waals surface area contributed by atoms with E-state index in [1.807, 2.05) is 0 Å². The van der Waals surface area contributed by atoms with Crippen molar-refractivity contribution in [3.63, 3.8) is 0 Å². The molecule has 0 atom stereocenters. The van der Waals surface area contributed by atoms with E-state index in [0.717, 1.165) is 29.8 Å². The van der Waals surface area contributed by atoms with Crippen molar-refractivity contribution in [1.82, 2.24) is 5.32 Å². The first-order valence-electron chi connectivity index (χ1n) is 8.11. The number of rotatable bonds is 5. The minimum atomic E-state index is -4.44. The Balaban J connectivity index is 1.92. The highest BCUT2D eigenvalue weighted by Crippen LogP contribution is 2.29. The fourth-order valence-electron chi connectivity index (χ4n) is 2.09. The Morgan fingerprint density at radius 2 is 1.52 bits per heavy atom. The smallest absolute Gasteiger partial charge is 0.348 e. The van der Waals surface area contributed by atoms with Gasteiger partial charge in [0.2, 0.25) is 5.91 Å². The van der Waals surface area contributed by atoms with Gasteiger partial charge in [-0.1, -0.05) is 12.1 Å². The topological polar surface area (TPSA) is 84.2 Å². The van der Waals surface area contributed by atoms with Gasteiger partial charge in [-0.2, -0.15) is 13.2 Å². The SMILES string of the molecule is CC(C)(N)C(=O)Nc1ccc(CNC(=O)c2ccc(C(F)(F)F)cc2)cc1. The van der Waals surface area contributed by atoms with Crippen LogP contribution in [0.3, 0.4) is 0 Å². The predicted molar refractivity (Wildman–Crippen MR) is 96.0 cm³/mol. The maximum absolute atomic E-state index is 12.5. The van der Waals surface area contributed by atoms with Crippen LogP contribution in [0.5, 0.6) is 0 Å². The summed E-state index contributed by atoms with van der Waals surface area (Å²) in [4.78, 5) is 23.9. The lowest BCUT2D eigenvalue weighted by molar-refractivity contribution is -0.137. The molecule has 0 aliphatic heterocycles. The van der Waals surface area contributed by atoms with Gasteiger partial charge in [-0.25, -0.2) is 0 Å². The summed E-state index contributed by atoms with van der Waals surface area (Å²) in [5.41, 5.74) is 5.36. The minimum absolute atomic E-state index is 0.136. The van der Waals surface area contributed by atoms with Crippen LogP contribution in [0.4, 0.5) is 18.9 Å². The van der Waals surface area contributed by atoms with Crippen LogP contribution in [0.1, 0.15) is 35.3 Å². The summed E-state index contributed by atoms with van der Waals surface area (Å²) < 4.78 is 37.6. The molecule has 0 aromatic heterocycles. The number of hydrogen-bond donors (Lipinski definition) is 3. The molecule has 2 aromatic carbocycles. The summed E-state index contributed by atoms with van der Waals surface area (Å²) in [6.07, 6.45) is -4.44. The van der Waals surface area contributed by atoms with Crippen LogP contribution < -0.4 is 16.4 Å². The normalized spacial score (nSPS) is 11.8. The molecule has 0 aliphatic carbocycles. The van der Waals surface area contributed by atoms with Crippen molar-refractivity contribution >= 4 is 17.5 Å². The fraction of sp³-hybridized carbons (Fsp3) is 0.263. The van der Waals surface area contributed by atoms with Crippen LogP contribution in [-0.2, 0) is 17.5 Å². The van der Waals surface area contributed by atoms with Crippen molar-refractivity contribution in [3.05, 3.63) is 65.2 Å². The molecular weight excluding hydrogens is 359 g/mol. The number of alkyl halides is 3. The Labute approximate surface area is 154 Å². The molecule has 2 rings (SSSR count). The van der Waals surface area contributed by atoms with Crippen LogP contribution >= 0.6 is 0 Å². The number of carbonyl (C=O) groups is 2. The van der Waals surface area contributed by atoms with Gasteiger partial charge in [0, 0.05) is 17.8 Å². The molecule has 0 aliphatic rings. The van der Waals surface area contributed by atoms with Crippen molar-refractivity contribution < 1.29 is 22.8 Å². The summed E-state index contributed by atoms with van der Waals surface area (Å²) in [5, 5.41) is 5.30. The lowest BCUT2D eigenvalue weighted by Gasteiger charge is -2.17. The molecular formula is C19H20F3N3O2. The second-order valence-electron chi connectivity index (χ2n) is 6.63. The number of anilines is 1. The monoisotopic (exact) mass is 379 g/mol. The number of carbonyl (C=O) groups excluding carboxylic acids is 2. The third kappa shape index (κ3) is 5.82. The number of nitrogens with two attached hydrogens (primary N) is 1. The van der Waals surface area contributed by atoms with Gasteiger partial charge in [-0.05, 0) is 55.8 Å². The molecule has 2 aromatic rings. The van der Waals surface area contributed by atoms with Gasteiger partial charge in [-0.15, -0.1) is 0 Å². The second kappa shape index (κ2) is 7.79. The molecule has 0 spiro atoms. The third-order valence-electron chi connectivity index (χ3n) is 3.72. The Bertz CT molecular complexity index is 808. The van der Waals surface area contributed by atoms with Crippen molar-refractivity contribution in [2.45, 2.75) is 32.1 Å². The zero-order valence-corrected chi connectivity index (χ0v) is 14.9. The Hall–Kier alpha value is -2.87. The van der Waals surface area contributed by atoms with E-state index in [9.17, 15) is 22.8 Å². The molecule has 0 unspecified atom stereocenters. The van der Waals surface area contributed by atoms with E-state index in [-0.39, 0.29) is 18.0 Å². The molecule has 0 bridgehead atoms. The first-order valence-corrected chi connectivity index (χ1v) is 8.11. The van der Waals surface area contributed by atoms with E-state index in [2.05, 4.69) is 10.6 Å². The largest absolute Gasteiger partial charge is 0.416 e. The third-order valence-corrected chi connectivity index (χ3v) is 3.72. The molecule has 0 saturated carbocycles. The fourth-order valence-corrected chi connectivity index (χ4v) is 2.09. The lowest BCUT2D eigenvalue weighted by Crippen LogP contribution is -2.45. The molecule has 27 heavy (non-hydrogen) atoms. The molecule has 0 saturated heterocycles. The van der Waals surface area contributed by atoms with Crippen LogP contribution in [0.2, 0.25) is 0 Å². The van der Waals surface area contributed by atoms with E-state index in [1.54, 1.807) is 38.1 Å². The highest BCUT2D eigenvalue weighted by Gasteiger charge is 2.30. The first kappa shape index (κ1) is 20.4. The van der Waals surface area contributed by atoms with Crippen molar-refractivity contribution in [1.29, 1.82) is 0 Å². The number of benzene rings is 2. The van der Waals surface area contributed by atoms with Crippen molar-refractivity contribution in [2.24, 2.45) is 5.73 Å². The second-order valence-corrected chi connectivity index (χ2v) is 6.63. The zero-order valence-electron chi connectivity index (χ0n) is 14.9. The molecule has 144 valence electrons. The van der Waals surface area contributed by atoms with Gasteiger partial charge >= 0.3 is 6.18 Å². The van der Waals surface area contributed by atoms with Crippen molar-refractivity contribution in [3.8, 4) is 0 Å². The Kier molecular flexibility index (Phi) is 5.90. The van der Waals surface area contributed by atoms with Crippen LogP contribution in [-0.4, -0.2) is 17.4 Å². The summed E-state index contributed by atoms with van der Waals surface area (Å²) in [7, 11) is 0. The zero-order chi connectivity index (χ0) is 20.2. The highest BCUT2D eigenvalue weighted by atomic mass is 19.4. The van der Waals surface area contributed by atoms with Crippen LogP contribution in [0.25, 0.3) is 0 Å². The Morgan fingerprint density at radius 1 is 0.963 bits per heavy atom. The quantitative estimate of drug-likeness (QED) is 0.745. The van der Waals surface area contributed by atoms with Gasteiger partial charge in [0.1, 0.15) is 0 Å². The molecule has 0 fully saturated rings. The average molecular weight is 379 g/mol. The lowest BCUT2D eigenvalue weighted by atomic mass is 10.1. The molecule has 5 nitrogen and oxygen atoms in total. The van der Waals surface area contributed by atoms with Crippen LogP contribution in [0.15, 0.2) is 48.5 Å². The molecule has 0 heterocycles. The number of nitrogens with one attached hydrogen (secondary N) is 2. The Morgan fingerprint density at radius 3 is 2.00 bits per heavy atom. The maximum Gasteiger partial charge on any atom is 0.416 e. The van der Waals surface area contributed by atoms with Crippen LogP contribution in [0, 0.1) is 0 Å². The van der Waals surface area contributed by atoms with Gasteiger partial charge in [0.15, 0.2) is 0 Å². The molecule has 2 amide bonds.